The number of hydrogen-bond donors (Lipinski definition) is 3. The van der Waals surface area contributed by atoms with Crippen molar-refractivity contribution in [2.24, 2.45) is 0 Å². The van der Waals surface area contributed by atoms with Crippen LogP contribution in [0.5, 0.6) is 5.75 Å². The SMILES string of the molecule is CCC(=O)c1sc(C2=CC(NC3(S)CCN(S(=O)(=O)Cc4cccc(N)c4)C(C)(C)C3)=C=C=C2)c(Cl)c1OCC(=O)OC(C)(C)C. The molecule has 0 saturated carbocycles. The summed E-state index contributed by atoms with van der Waals surface area (Å²) in [4.78, 5) is 25.3. The Bertz CT molecular complexity index is 1780. The lowest BCUT2D eigenvalue weighted by molar-refractivity contribution is -0.157. The predicted octanol–water partition coefficient (Wildman–Crippen LogP) is 6.51. The molecule has 248 valence electrons. The highest BCUT2D eigenvalue weighted by Crippen LogP contribution is 2.45. The van der Waals surface area contributed by atoms with Gasteiger partial charge in [0.25, 0.3) is 0 Å². The maximum atomic E-state index is 13.5. The monoisotopic (exact) mass is 705 g/mol. The van der Waals surface area contributed by atoms with Crippen molar-refractivity contribution in [3.8, 4) is 5.75 Å². The summed E-state index contributed by atoms with van der Waals surface area (Å²) in [6, 6.07) is 6.90. The molecule has 0 amide bonds. The van der Waals surface area contributed by atoms with Crippen LogP contribution in [0.2, 0.25) is 5.02 Å². The summed E-state index contributed by atoms with van der Waals surface area (Å²) in [7, 11) is -3.64. The lowest BCUT2D eigenvalue weighted by Crippen LogP contribution is -2.60. The molecule has 4 rings (SSSR count). The van der Waals surface area contributed by atoms with Crippen LogP contribution in [0.15, 0.2) is 53.6 Å². The van der Waals surface area contributed by atoms with Crippen LogP contribution in [0.1, 0.15) is 80.9 Å². The molecule has 0 radical (unpaired) electrons. The smallest absolute Gasteiger partial charge is 0.344 e. The van der Waals surface area contributed by atoms with Gasteiger partial charge in [0.2, 0.25) is 10.0 Å². The van der Waals surface area contributed by atoms with Crippen molar-refractivity contribution < 1.29 is 27.5 Å². The molecule has 46 heavy (non-hydrogen) atoms. The Kier molecular flexibility index (Phi) is 10.7. The van der Waals surface area contributed by atoms with Crippen molar-refractivity contribution in [3.05, 3.63) is 73.9 Å². The lowest BCUT2D eigenvalue weighted by Gasteiger charge is -2.49. The zero-order chi connectivity index (χ0) is 34.1. The van der Waals surface area contributed by atoms with Gasteiger partial charge in [-0.25, -0.2) is 13.2 Å². The second-order valence-electron chi connectivity index (χ2n) is 13.0. The first-order chi connectivity index (χ1) is 21.3. The van der Waals surface area contributed by atoms with E-state index >= 15 is 0 Å². The van der Waals surface area contributed by atoms with Crippen molar-refractivity contribution in [1.29, 1.82) is 0 Å². The number of allylic oxidation sites excluding steroid dienone is 3. The molecule has 1 aromatic carbocycles. The number of hydrogen-bond acceptors (Lipinski definition) is 10. The molecule has 9 nitrogen and oxygen atoms in total. The van der Waals surface area contributed by atoms with Crippen LogP contribution in [0, 0.1) is 0 Å². The van der Waals surface area contributed by atoms with E-state index in [0.717, 1.165) is 0 Å². The summed E-state index contributed by atoms with van der Waals surface area (Å²) in [5.41, 5.74) is 12.9. The van der Waals surface area contributed by atoms with Crippen LogP contribution in [0.3, 0.4) is 0 Å². The Labute approximate surface area is 285 Å². The fourth-order valence-corrected chi connectivity index (χ4v) is 9.62. The number of thiol groups is 1. The van der Waals surface area contributed by atoms with E-state index in [-0.39, 0.29) is 35.3 Å². The van der Waals surface area contributed by atoms with Gasteiger partial charge in [0, 0.05) is 29.8 Å². The minimum absolute atomic E-state index is 0.140. The maximum absolute atomic E-state index is 13.5. The van der Waals surface area contributed by atoms with Gasteiger partial charge in [0.1, 0.15) is 15.5 Å². The molecule has 2 aliphatic rings. The summed E-state index contributed by atoms with van der Waals surface area (Å²) in [6.45, 7) is 10.6. The molecule has 2 aromatic rings. The zero-order valence-corrected chi connectivity index (χ0v) is 30.1. The molecule has 1 aromatic heterocycles. The van der Waals surface area contributed by atoms with Crippen molar-refractivity contribution in [2.45, 2.75) is 82.6 Å². The molecule has 1 fully saturated rings. The van der Waals surface area contributed by atoms with Crippen molar-refractivity contribution >= 4 is 68.6 Å². The van der Waals surface area contributed by atoms with E-state index in [2.05, 4.69) is 16.8 Å². The number of carbonyl (C=O) groups is 2. The normalized spacial score (nSPS) is 19.7. The van der Waals surface area contributed by atoms with Gasteiger partial charge >= 0.3 is 5.97 Å². The number of ketones is 1. The minimum Gasteiger partial charge on any atom is -0.479 e. The zero-order valence-electron chi connectivity index (χ0n) is 26.8. The Hall–Kier alpha value is -2.95. The Morgan fingerprint density at radius 1 is 1.26 bits per heavy atom. The van der Waals surface area contributed by atoms with Crippen molar-refractivity contribution in [2.75, 3.05) is 18.9 Å². The van der Waals surface area contributed by atoms with Crippen LogP contribution >= 0.6 is 35.6 Å². The Morgan fingerprint density at radius 2 is 1.98 bits per heavy atom. The van der Waals surface area contributed by atoms with Crippen LogP contribution in [0.25, 0.3) is 5.57 Å². The van der Waals surface area contributed by atoms with Gasteiger partial charge in [-0.3, -0.25) is 4.79 Å². The van der Waals surface area contributed by atoms with Crippen LogP contribution in [-0.2, 0) is 25.3 Å². The molecule has 3 N–H and O–H groups in total. The summed E-state index contributed by atoms with van der Waals surface area (Å²) >= 11 is 12.9. The summed E-state index contributed by atoms with van der Waals surface area (Å²) in [6.07, 6.45) is 4.56. The number of thiophene rings is 1. The Morgan fingerprint density at radius 3 is 2.61 bits per heavy atom. The summed E-state index contributed by atoms with van der Waals surface area (Å²) < 4.78 is 39.6. The molecule has 1 unspecified atom stereocenters. The fourth-order valence-electron chi connectivity index (χ4n) is 5.51. The second kappa shape index (κ2) is 13.6. The fraction of sp³-hybridized carbons (Fsp3) is 0.455. The predicted molar refractivity (Wildman–Crippen MR) is 187 cm³/mol. The number of nitrogen functional groups attached to an aromatic ring is 1. The molecular weight excluding hydrogens is 666 g/mol. The number of piperidine rings is 1. The van der Waals surface area contributed by atoms with E-state index in [1.165, 1.54) is 11.3 Å². The molecule has 13 heteroatoms. The highest BCUT2D eigenvalue weighted by Gasteiger charge is 2.47. The van der Waals surface area contributed by atoms with E-state index < -0.39 is 38.6 Å². The highest BCUT2D eigenvalue weighted by molar-refractivity contribution is 7.88. The van der Waals surface area contributed by atoms with Gasteiger partial charge in [-0.05, 0) is 83.0 Å². The quantitative estimate of drug-likeness (QED) is 0.0603. The first-order valence-corrected chi connectivity index (χ1v) is 18.1. The minimum atomic E-state index is -3.64. The van der Waals surface area contributed by atoms with Crippen LogP contribution in [0.4, 0.5) is 5.69 Å². The second-order valence-corrected chi connectivity index (χ2v) is 17.1. The number of ether oxygens (including phenoxy) is 2. The van der Waals surface area contributed by atoms with Crippen molar-refractivity contribution in [3.63, 3.8) is 0 Å². The average molecular weight is 706 g/mol. The lowest BCUT2D eigenvalue weighted by atomic mass is 9.88. The first-order valence-electron chi connectivity index (χ1n) is 14.8. The third-order valence-corrected chi connectivity index (χ3v) is 11.5. The first kappa shape index (κ1) is 35.9. The number of nitrogens with zero attached hydrogens (tertiary/aromatic N) is 1. The summed E-state index contributed by atoms with van der Waals surface area (Å²) in [5.74, 6) is -0.754. The molecule has 1 aliphatic carbocycles. The molecule has 0 spiro atoms. The van der Waals surface area contributed by atoms with Gasteiger partial charge in [-0.1, -0.05) is 36.4 Å². The number of esters is 1. The number of sulfonamides is 1. The van der Waals surface area contributed by atoms with E-state index in [1.807, 2.05) is 19.9 Å². The van der Waals surface area contributed by atoms with E-state index in [9.17, 15) is 18.0 Å². The number of rotatable bonds is 11. The topological polar surface area (TPSA) is 128 Å². The average Bonchev–Trinajstić information content (AvgIpc) is 3.25. The number of anilines is 1. The molecule has 2 heterocycles. The van der Waals surface area contributed by atoms with Crippen molar-refractivity contribution in [1.82, 2.24) is 9.62 Å². The molecular formula is C33H40ClN3O6S3. The van der Waals surface area contributed by atoms with Crippen LogP contribution in [-0.4, -0.2) is 53.6 Å². The molecule has 1 saturated heterocycles. The van der Waals surface area contributed by atoms with Gasteiger partial charge < -0.3 is 20.5 Å². The standard InChI is InChI=1S/C33H40ClN3O6S3/c1-7-25(38)30-28(42-18-26(39)43-31(2,3)4)27(34)29(45-30)22-11-9-13-24(17-22)36-33(44)14-15-37(32(5,6)20-33)46(40,41)19-21-10-8-12-23(35)16-21/h8,10-12,16-17,36,44H,7,14-15,18-20,35H2,1-6H3. The Balaban J connectivity index is 1.52. The third-order valence-electron chi connectivity index (χ3n) is 7.27. The van der Waals surface area contributed by atoms with Gasteiger partial charge in [-0.2, -0.15) is 16.9 Å². The number of carbonyl (C=O) groups excluding carboxylic acids is 2. The molecule has 1 aliphatic heterocycles. The third kappa shape index (κ3) is 8.69. The van der Waals surface area contributed by atoms with Crippen LogP contribution < -0.4 is 15.8 Å². The van der Waals surface area contributed by atoms with Gasteiger partial charge in [0.05, 0.1) is 21.2 Å². The maximum Gasteiger partial charge on any atom is 0.344 e. The molecule has 0 bridgehead atoms. The van der Waals surface area contributed by atoms with Gasteiger partial charge in [-0.15, -0.1) is 11.3 Å². The number of Topliss-reactive ketones (excluding diaryl/α,β-unsaturated/α-hetero) is 1. The highest BCUT2D eigenvalue weighted by atomic mass is 35.5. The van der Waals surface area contributed by atoms with E-state index in [4.69, 9.17) is 39.4 Å². The largest absolute Gasteiger partial charge is 0.479 e. The van der Waals surface area contributed by atoms with E-state index in [1.54, 1.807) is 62.3 Å². The molecule has 1 atom stereocenters. The summed E-state index contributed by atoms with van der Waals surface area (Å²) in [5, 5.41) is 3.64. The number of nitrogens with one attached hydrogen (secondary N) is 1. The van der Waals surface area contributed by atoms with E-state index in [0.29, 0.717) is 45.1 Å². The van der Waals surface area contributed by atoms with Gasteiger partial charge in [0.15, 0.2) is 18.1 Å². The number of benzene rings is 1. The number of nitrogens with two attached hydrogens (primary N) is 1. The number of halogens is 1.